The number of carbonyl (C=O) groups excluding carboxylic acids is 1. The van der Waals surface area contributed by atoms with Crippen molar-refractivity contribution in [2.45, 2.75) is 25.7 Å². The maximum Gasteiger partial charge on any atom is 0.490 e. The van der Waals surface area contributed by atoms with E-state index in [1.807, 2.05) is 42.5 Å². The number of aliphatic carboxylic acids is 2. The molecule has 11 nitrogen and oxygen atoms in total. The number of amides is 1. The number of aromatic amines is 1. The average Bonchev–Trinajstić information content (AvgIpc) is 3.34. The van der Waals surface area contributed by atoms with Crippen molar-refractivity contribution in [1.82, 2.24) is 19.9 Å². The molecule has 4 aromatic rings. The molecule has 4 rings (SSSR count). The van der Waals surface area contributed by atoms with Crippen molar-refractivity contribution >= 4 is 40.4 Å². The molecule has 0 unspecified atom stereocenters. The van der Waals surface area contributed by atoms with Gasteiger partial charge in [-0.3, -0.25) is 9.78 Å². The van der Waals surface area contributed by atoms with Crippen molar-refractivity contribution in [3.05, 3.63) is 66.0 Å². The molecule has 0 spiro atoms. The summed E-state index contributed by atoms with van der Waals surface area (Å²) in [5.74, 6) is -5.50. The number of fused-ring (bicyclic) bond motifs is 1. The van der Waals surface area contributed by atoms with Gasteiger partial charge in [-0.05, 0) is 30.2 Å². The minimum Gasteiger partial charge on any atom is -0.475 e. The van der Waals surface area contributed by atoms with Crippen LogP contribution in [0.3, 0.4) is 0 Å². The second-order valence-electron chi connectivity index (χ2n) is 7.65. The van der Waals surface area contributed by atoms with Crippen LogP contribution >= 0.6 is 0 Å². The number of hydrogen-bond donors (Lipinski definition) is 5. The molecule has 3 aromatic heterocycles. The van der Waals surface area contributed by atoms with Crippen molar-refractivity contribution in [2.75, 3.05) is 5.32 Å². The Bertz CT molecular complexity index is 1500. The molecule has 0 saturated carbocycles. The van der Waals surface area contributed by atoms with Gasteiger partial charge in [0, 0.05) is 18.1 Å². The van der Waals surface area contributed by atoms with Gasteiger partial charge in [-0.1, -0.05) is 31.2 Å². The number of halogens is 6. The van der Waals surface area contributed by atoms with Crippen LogP contribution in [0.15, 0.2) is 54.9 Å². The Kier molecular flexibility index (Phi) is 10.3. The first-order valence-corrected chi connectivity index (χ1v) is 11.1. The zero-order valence-corrected chi connectivity index (χ0v) is 20.7. The number of nitrogens with one attached hydrogen (secondary N) is 2. The number of alkyl halides is 6. The highest BCUT2D eigenvalue weighted by molar-refractivity contribution is 6.06. The zero-order valence-electron chi connectivity index (χ0n) is 20.7. The molecule has 1 aromatic carbocycles. The number of aromatic nitrogens is 4. The maximum atomic E-state index is 12.0. The van der Waals surface area contributed by atoms with Gasteiger partial charge in [0.1, 0.15) is 11.2 Å². The van der Waals surface area contributed by atoms with Gasteiger partial charge in [-0.2, -0.15) is 26.3 Å². The number of rotatable bonds is 5. The van der Waals surface area contributed by atoms with Crippen LogP contribution in [-0.4, -0.2) is 60.3 Å². The molecule has 0 saturated heterocycles. The monoisotopic (exact) mass is 586 g/mol. The molecule has 0 aliphatic carbocycles. The number of aryl methyl sites for hydroxylation is 1. The first-order valence-electron chi connectivity index (χ1n) is 11.1. The minimum atomic E-state index is -5.08. The minimum absolute atomic E-state index is 0.296. The van der Waals surface area contributed by atoms with Crippen LogP contribution in [0.25, 0.3) is 22.7 Å². The van der Waals surface area contributed by atoms with Gasteiger partial charge in [0.2, 0.25) is 0 Å². The lowest BCUT2D eigenvalue weighted by Crippen LogP contribution is -2.21. The Balaban J connectivity index is 0.000000349. The number of nitrogens with zero attached hydrogens (tertiary/aromatic N) is 3. The summed E-state index contributed by atoms with van der Waals surface area (Å²) in [6, 6.07) is 13.5. The SMILES string of the molecule is CCc1ccccc1Nc1c(C(N)=O)cnc2nc(-c3ccccn3)[nH]c12.O=C(O)C(F)(F)F.O=C(O)C(F)(F)F. The first-order chi connectivity index (χ1) is 19.1. The quantitative estimate of drug-likeness (QED) is 0.207. The van der Waals surface area contributed by atoms with Gasteiger partial charge in [0.15, 0.2) is 11.5 Å². The molecule has 0 radical (unpaired) electrons. The van der Waals surface area contributed by atoms with Crippen LogP contribution in [-0.2, 0) is 16.0 Å². The lowest BCUT2D eigenvalue weighted by molar-refractivity contribution is -0.193. The number of H-pyrrole nitrogens is 1. The molecule has 0 fully saturated rings. The van der Waals surface area contributed by atoms with E-state index in [2.05, 4.69) is 32.2 Å². The number of primary amides is 1. The number of carboxylic acid groups (broad SMARTS) is 2. The Hall–Kier alpha value is -5.22. The molecule has 6 N–H and O–H groups in total. The predicted molar refractivity (Wildman–Crippen MR) is 132 cm³/mol. The smallest absolute Gasteiger partial charge is 0.475 e. The van der Waals surface area contributed by atoms with E-state index < -0.39 is 30.2 Å². The molecule has 0 aliphatic heterocycles. The summed E-state index contributed by atoms with van der Waals surface area (Å²) in [5, 5.41) is 17.6. The van der Waals surface area contributed by atoms with E-state index in [0.717, 1.165) is 17.7 Å². The fourth-order valence-corrected chi connectivity index (χ4v) is 2.98. The first kappa shape index (κ1) is 32.0. The van der Waals surface area contributed by atoms with Gasteiger partial charge in [0.25, 0.3) is 5.91 Å². The van der Waals surface area contributed by atoms with E-state index in [4.69, 9.17) is 25.5 Å². The van der Waals surface area contributed by atoms with Gasteiger partial charge < -0.3 is 26.2 Å². The summed E-state index contributed by atoms with van der Waals surface area (Å²) in [5.41, 5.74) is 10.3. The third kappa shape index (κ3) is 8.91. The number of imidazole rings is 1. The van der Waals surface area contributed by atoms with Crippen molar-refractivity contribution < 1.29 is 50.9 Å². The Morgan fingerprint density at radius 1 is 0.927 bits per heavy atom. The largest absolute Gasteiger partial charge is 0.490 e. The van der Waals surface area contributed by atoms with Gasteiger partial charge in [0.05, 0.1) is 11.3 Å². The number of para-hydroxylation sites is 1. The third-order valence-electron chi connectivity index (χ3n) is 4.84. The zero-order chi connectivity index (χ0) is 31.0. The van der Waals surface area contributed by atoms with Crippen molar-refractivity contribution in [2.24, 2.45) is 5.73 Å². The predicted octanol–water partition coefficient (Wildman–Crippen LogP) is 4.69. The number of anilines is 2. The molecule has 17 heteroatoms. The fourth-order valence-electron chi connectivity index (χ4n) is 2.98. The lowest BCUT2D eigenvalue weighted by Gasteiger charge is -2.13. The summed E-state index contributed by atoms with van der Waals surface area (Å²) >= 11 is 0. The van der Waals surface area contributed by atoms with E-state index in [-0.39, 0.29) is 0 Å². The lowest BCUT2D eigenvalue weighted by atomic mass is 10.1. The van der Waals surface area contributed by atoms with E-state index in [1.54, 1.807) is 6.20 Å². The molecule has 41 heavy (non-hydrogen) atoms. The normalized spacial score (nSPS) is 11.0. The van der Waals surface area contributed by atoms with Crippen molar-refractivity contribution in [1.29, 1.82) is 0 Å². The van der Waals surface area contributed by atoms with E-state index in [9.17, 15) is 31.1 Å². The molecule has 0 bridgehead atoms. The number of carboxylic acids is 2. The van der Waals surface area contributed by atoms with Crippen LogP contribution in [0, 0.1) is 0 Å². The summed E-state index contributed by atoms with van der Waals surface area (Å²) in [6.45, 7) is 2.08. The van der Waals surface area contributed by atoms with E-state index in [0.29, 0.717) is 33.9 Å². The average molecular weight is 586 g/mol. The van der Waals surface area contributed by atoms with Gasteiger partial charge in [-0.15, -0.1) is 0 Å². The number of benzene rings is 1. The van der Waals surface area contributed by atoms with Crippen molar-refractivity contribution in [3.63, 3.8) is 0 Å². The molecule has 3 heterocycles. The molecule has 0 atom stereocenters. The number of pyridine rings is 2. The fraction of sp³-hybridized carbons (Fsp3) is 0.167. The second kappa shape index (κ2) is 13.2. The molecular weight excluding hydrogens is 566 g/mol. The number of carbonyl (C=O) groups is 3. The van der Waals surface area contributed by atoms with E-state index in [1.165, 1.54) is 6.20 Å². The van der Waals surface area contributed by atoms with Gasteiger partial charge in [-0.25, -0.2) is 19.6 Å². The topological polar surface area (TPSA) is 184 Å². The Morgan fingerprint density at radius 2 is 1.49 bits per heavy atom. The summed E-state index contributed by atoms with van der Waals surface area (Å²) in [4.78, 5) is 46.1. The molecule has 1 amide bonds. The Morgan fingerprint density at radius 3 is 1.98 bits per heavy atom. The highest BCUT2D eigenvalue weighted by atomic mass is 19.4. The Labute approximate surface area is 226 Å². The summed E-state index contributed by atoms with van der Waals surface area (Å²) in [7, 11) is 0. The van der Waals surface area contributed by atoms with Crippen LogP contribution < -0.4 is 11.1 Å². The maximum absolute atomic E-state index is 12.0. The number of nitrogens with two attached hydrogens (primary N) is 1. The summed E-state index contributed by atoms with van der Waals surface area (Å²) < 4.78 is 63.5. The second-order valence-corrected chi connectivity index (χ2v) is 7.65. The summed E-state index contributed by atoms with van der Waals surface area (Å²) in [6.07, 6.45) is -6.17. The standard InChI is InChI=1S/C20H18N6O.2C2HF3O2/c1-2-12-7-3-4-8-14(12)24-16-13(18(21)27)11-23-20-17(16)25-19(26-20)15-9-5-6-10-22-15;2*3-2(4,5)1(6)7/h3-11H,2H2,1H3,(H2,21,27)(H2,23,24,25,26);2*(H,6,7). The van der Waals surface area contributed by atoms with Gasteiger partial charge >= 0.3 is 24.3 Å². The van der Waals surface area contributed by atoms with Crippen LogP contribution in [0.2, 0.25) is 0 Å². The highest BCUT2D eigenvalue weighted by Crippen LogP contribution is 2.31. The van der Waals surface area contributed by atoms with E-state index >= 15 is 0 Å². The molecular formula is C24H20F6N6O5. The molecule has 218 valence electrons. The van der Waals surface area contributed by atoms with Crippen LogP contribution in [0.4, 0.5) is 37.7 Å². The highest BCUT2D eigenvalue weighted by Gasteiger charge is 2.38. The van der Waals surface area contributed by atoms with Crippen molar-refractivity contribution in [3.8, 4) is 11.5 Å². The number of hydrogen-bond acceptors (Lipinski definition) is 7. The molecule has 0 aliphatic rings. The third-order valence-corrected chi connectivity index (χ3v) is 4.84. The van der Waals surface area contributed by atoms with Crippen LogP contribution in [0.5, 0.6) is 0 Å². The van der Waals surface area contributed by atoms with Crippen LogP contribution in [0.1, 0.15) is 22.8 Å².